The van der Waals surface area contributed by atoms with Gasteiger partial charge in [0.25, 0.3) is 0 Å². The third-order valence-corrected chi connectivity index (χ3v) is 1.60. The molecule has 1 aliphatic rings. The van der Waals surface area contributed by atoms with Crippen LogP contribution in [-0.2, 0) is 0 Å². The van der Waals surface area contributed by atoms with Crippen molar-refractivity contribution >= 4 is 0 Å². The highest BCUT2D eigenvalue weighted by Crippen LogP contribution is 2.06. The summed E-state index contributed by atoms with van der Waals surface area (Å²) >= 11 is 0. The molecule has 0 bridgehead atoms. The van der Waals surface area contributed by atoms with E-state index in [2.05, 4.69) is 5.32 Å². The number of hydrogen-bond donors (Lipinski definition) is 1. The number of piperidine rings is 1. The molecule has 0 aromatic heterocycles. The molecule has 1 atom stereocenters. The quantitative estimate of drug-likeness (QED) is 0.542. The Morgan fingerprint density at radius 2 is 2.38 bits per heavy atom. The van der Waals surface area contributed by atoms with E-state index in [9.17, 15) is 4.39 Å². The molecule has 2 heteroatoms. The molecule has 0 unspecified atom stereocenters. The first kappa shape index (κ1) is 6.02. The van der Waals surface area contributed by atoms with E-state index in [4.69, 9.17) is 0 Å². The average Bonchev–Trinajstić information content (AvgIpc) is 1.90. The third-order valence-electron chi connectivity index (χ3n) is 1.60. The van der Waals surface area contributed by atoms with Crippen LogP contribution in [0.1, 0.15) is 19.3 Å². The Morgan fingerprint density at radius 1 is 1.50 bits per heavy atom. The summed E-state index contributed by atoms with van der Waals surface area (Å²) in [6.07, 6.45) is 3.44. The summed E-state index contributed by atoms with van der Waals surface area (Å²) in [5, 5.41) is 3.09. The predicted octanol–water partition coefficient (Wildman–Crippen LogP) is 1.10. The van der Waals surface area contributed by atoms with Crippen molar-refractivity contribution in [1.82, 2.24) is 5.32 Å². The molecule has 1 N–H and O–H groups in total. The van der Waals surface area contributed by atoms with Crippen molar-refractivity contribution in [1.29, 1.82) is 0 Å². The van der Waals surface area contributed by atoms with E-state index in [-0.39, 0.29) is 12.7 Å². The van der Waals surface area contributed by atoms with Crippen LogP contribution in [0.25, 0.3) is 0 Å². The van der Waals surface area contributed by atoms with Gasteiger partial charge in [0.1, 0.15) is 6.67 Å². The van der Waals surface area contributed by atoms with Gasteiger partial charge < -0.3 is 5.32 Å². The molecule has 0 aliphatic carbocycles. The Morgan fingerprint density at radius 3 is 2.75 bits per heavy atom. The van der Waals surface area contributed by atoms with Gasteiger partial charge in [-0.05, 0) is 19.4 Å². The largest absolute Gasteiger partial charge is 0.311 e. The average molecular weight is 117 g/mol. The SMILES string of the molecule is FC[C@@H]1CCCCN1. The van der Waals surface area contributed by atoms with Crippen LogP contribution in [0, 0.1) is 0 Å². The van der Waals surface area contributed by atoms with Crippen LogP contribution in [0.5, 0.6) is 0 Å². The smallest absolute Gasteiger partial charge is 0.105 e. The third kappa shape index (κ3) is 1.44. The van der Waals surface area contributed by atoms with Gasteiger partial charge in [-0.15, -0.1) is 0 Å². The van der Waals surface area contributed by atoms with Gasteiger partial charge in [0, 0.05) is 6.04 Å². The van der Waals surface area contributed by atoms with Crippen molar-refractivity contribution in [3.05, 3.63) is 0 Å². The highest BCUT2D eigenvalue weighted by molar-refractivity contribution is 4.70. The number of halogens is 1. The van der Waals surface area contributed by atoms with E-state index in [1.807, 2.05) is 0 Å². The first-order valence-electron chi connectivity index (χ1n) is 3.23. The molecule has 1 nitrogen and oxygen atoms in total. The topological polar surface area (TPSA) is 12.0 Å². The minimum atomic E-state index is -0.194. The second-order valence-corrected chi connectivity index (χ2v) is 2.30. The highest BCUT2D eigenvalue weighted by Gasteiger charge is 2.10. The van der Waals surface area contributed by atoms with E-state index in [1.54, 1.807) is 0 Å². The molecule has 0 aromatic rings. The summed E-state index contributed by atoms with van der Waals surface area (Å²) in [4.78, 5) is 0. The molecule has 0 saturated carbocycles. The maximum Gasteiger partial charge on any atom is 0.105 e. The van der Waals surface area contributed by atoms with Gasteiger partial charge in [0.2, 0.25) is 0 Å². The molecular formula is C6H12FN. The lowest BCUT2D eigenvalue weighted by Gasteiger charge is -2.19. The monoisotopic (exact) mass is 117 g/mol. The minimum Gasteiger partial charge on any atom is -0.311 e. The van der Waals surface area contributed by atoms with Crippen molar-refractivity contribution in [3.63, 3.8) is 0 Å². The molecule has 0 amide bonds. The molecule has 1 aliphatic heterocycles. The summed E-state index contributed by atoms with van der Waals surface area (Å²) in [6, 6.07) is 0.170. The van der Waals surface area contributed by atoms with Crippen molar-refractivity contribution < 1.29 is 4.39 Å². The molecule has 8 heavy (non-hydrogen) atoms. The summed E-state index contributed by atoms with van der Waals surface area (Å²) < 4.78 is 11.8. The second kappa shape index (κ2) is 3.02. The number of alkyl halides is 1. The van der Waals surface area contributed by atoms with E-state index in [1.165, 1.54) is 12.8 Å². The number of hydrogen-bond acceptors (Lipinski definition) is 1. The normalized spacial score (nSPS) is 30.4. The molecular weight excluding hydrogens is 105 g/mol. The van der Waals surface area contributed by atoms with E-state index in [0.717, 1.165) is 13.0 Å². The van der Waals surface area contributed by atoms with E-state index >= 15 is 0 Å². The van der Waals surface area contributed by atoms with E-state index < -0.39 is 0 Å². The zero-order chi connectivity index (χ0) is 5.82. The van der Waals surface area contributed by atoms with Crippen LogP contribution < -0.4 is 5.32 Å². The van der Waals surface area contributed by atoms with Crippen LogP contribution >= 0.6 is 0 Å². The maximum absolute atomic E-state index is 11.8. The van der Waals surface area contributed by atoms with Crippen molar-refractivity contribution in [2.45, 2.75) is 25.3 Å². The highest BCUT2D eigenvalue weighted by atomic mass is 19.1. The molecule has 0 spiro atoms. The second-order valence-electron chi connectivity index (χ2n) is 2.30. The van der Waals surface area contributed by atoms with Gasteiger partial charge in [0.05, 0.1) is 0 Å². The molecule has 1 rings (SSSR count). The Labute approximate surface area is 49.3 Å². The minimum absolute atomic E-state index is 0.170. The van der Waals surface area contributed by atoms with Crippen molar-refractivity contribution in [2.24, 2.45) is 0 Å². The lowest BCUT2D eigenvalue weighted by atomic mass is 10.1. The number of nitrogens with one attached hydrogen (secondary N) is 1. The van der Waals surface area contributed by atoms with Gasteiger partial charge in [-0.25, -0.2) is 4.39 Å². The Kier molecular flexibility index (Phi) is 2.27. The zero-order valence-corrected chi connectivity index (χ0v) is 4.99. The predicted molar refractivity (Wildman–Crippen MR) is 31.6 cm³/mol. The molecule has 1 heterocycles. The van der Waals surface area contributed by atoms with Gasteiger partial charge in [-0.2, -0.15) is 0 Å². The summed E-state index contributed by atoms with van der Waals surface area (Å²) in [5.74, 6) is 0. The van der Waals surface area contributed by atoms with Crippen LogP contribution in [0.2, 0.25) is 0 Å². The maximum atomic E-state index is 11.8. The van der Waals surface area contributed by atoms with Gasteiger partial charge in [0.15, 0.2) is 0 Å². The lowest BCUT2D eigenvalue weighted by molar-refractivity contribution is 0.320. The summed E-state index contributed by atoms with van der Waals surface area (Å²) in [5.41, 5.74) is 0. The Hall–Kier alpha value is -0.110. The molecule has 48 valence electrons. The lowest BCUT2D eigenvalue weighted by Crippen LogP contribution is -2.35. The van der Waals surface area contributed by atoms with Crippen LogP contribution in [0.15, 0.2) is 0 Å². The molecule has 1 fully saturated rings. The van der Waals surface area contributed by atoms with E-state index in [0.29, 0.717) is 0 Å². The van der Waals surface area contributed by atoms with Crippen LogP contribution in [0.4, 0.5) is 4.39 Å². The van der Waals surface area contributed by atoms with Crippen LogP contribution in [0.3, 0.4) is 0 Å². The van der Waals surface area contributed by atoms with Gasteiger partial charge in [-0.1, -0.05) is 6.42 Å². The Balaban J connectivity index is 2.13. The fourth-order valence-electron chi connectivity index (χ4n) is 1.06. The standard InChI is InChI=1S/C6H12FN/c7-5-6-3-1-2-4-8-6/h6,8H,1-5H2/t6-/m0/s1. The molecule has 0 aromatic carbocycles. The first-order chi connectivity index (χ1) is 3.93. The van der Waals surface area contributed by atoms with Gasteiger partial charge in [-0.3, -0.25) is 0 Å². The van der Waals surface area contributed by atoms with Crippen molar-refractivity contribution in [2.75, 3.05) is 13.2 Å². The zero-order valence-electron chi connectivity index (χ0n) is 4.99. The molecule has 1 saturated heterocycles. The Bertz CT molecular complexity index is 59.5. The van der Waals surface area contributed by atoms with Crippen LogP contribution in [-0.4, -0.2) is 19.3 Å². The number of rotatable bonds is 1. The van der Waals surface area contributed by atoms with Gasteiger partial charge >= 0.3 is 0 Å². The molecule has 0 radical (unpaired) electrons. The van der Waals surface area contributed by atoms with Crippen molar-refractivity contribution in [3.8, 4) is 0 Å². The fourth-order valence-corrected chi connectivity index (χ4v) is 1.06. The summed E-state index contributed by atoms with van der Waals surface area (Å²) in [6.45, 7) is 0.814. The fraction of sp³-hybridized carbons (Fsp3) is 1.00. The first-order valence-corrected chi connectivity index (χ1v) is 3.23. The summed E-state index contributed by atoms with van der Waals surface area (Å²) in [7, 11) is 0.